The van der Waals surface area contributed by atoms with Crippen LogP contribution in [0.4, 0.5) is 5.82 Å². The number of methoxy groups -OCH3 is 1. The van der Waals surface area contributed by atoms with Gasteiger partial charge in [-0.2, -0.15) is 0 Å². The number of aryl methyl sites for hydroxylation is 1. The number of oxime groups is 1. The lowest BCUT2D eigenvalue weighted by Crippen LogP contribution is -2.03. The molecule has 0 aliphatic rings. The van der Waals surface area contributed by atoms with E-state index in [1.807, 2.05) is 12.1 Å². The first-order valence-corrected chi connectivity index (χ1v) is 7.56. The predicted molar refractivity (Wildman–Crippen MR) is 93.1 cm³/mol. The van der Waals surface area contributed by atoms with Gasteiger partial charge in [-0.3, -0.25) is 0 Å². The summed E-state index contributed by atoms with van der Waals surface area (Å²) in [5, 5.41) is 3.67. The fourth-order valence-electron chi connectivity index (χ4n) is 2.08. The van der Waals surface area contributed by atoms with E-state index in [1.54, 1.807) is 20.1 Å². The number of rotatable bonds is 8. The number of nitrogens with zero attached hydrogens (tertiary/aromatic N) is 3. The van der Waals surface area contributed by atoms with Crippen molar-refractivity contribution >= 4 is 17.8 Å². The van der Waals surface area contributed by atoms with E-state index in [4.69, 9.17) is 15.2 Å². The molecule has 2 N–H and O–H groups in total. The number of hydrogen-bond donors (Lipinski definition) is 1. The van der Waals surface area contributed by atoms with Crippen LogP contribution >= 0.6 is 0 Å². The third-order valence-electron chi connectivity index (χ3n) is 3.37. The van der Waals surface area contributed by atoms with E-state index in [9.17, 15) is 4.79 Å². The largest absolute Gasteiger partial charge is 0.493 e. The minimum absolute atomic E-state index is 0.137. The molecule has 25 heavy (non-hydrogen) atoms. The highest BCUT2D eigenvalue weighted by Crippen LogP contribution is 2.33. The molecule has 0 saturated carbocycles. The molecule has 0 amide bonds. The molecular formula is C17H20N4O4. The molecule has 0 bridgehead atoms. The summed E-state index contributed by atoms with van der Waals surface area (Å²) in [4.78, 5) is 23.8. The van der Waals surface area contributed by atoms with Crippen LogP contribution in [0.3, 0.4) is 0 Å². The van der Waals surface area contributed by atoms with Gasteiger partial charge in [0, 0.05) is 6.42 Å². The average molecular weight is 344 g/mol. The van der Waals surface area contributed by atoms with Gasteiger partial charge in [-0.05, 0) is 31.0 Å². The zero-order valence-electron chi connectivity index (χ0n) is 14.4. The third-order valence-corrected chi connectivity index (χ3v) is 3.37. The van der Waals surface area contributed by atoms with E-state index in [-0.39, 0.29) is 17.5 Å². The summed E-state index contributed by atoms with van der Waals surface area (Å²) in [6.07, 6.45) is 3.78. The standard InChI is InChI=1S/C17H20N4O4/c1-11(22)4-5-12-6-7-14(15(8-12)23-2)25-17-13(9-21-24-3)16(18)19-10-20-17/h6-10H,4-5H2,1-3H3,(H2,18,19,20)/b21-9+. The fraction of sp³-hybridized carbons (Fsp3) is 0.294. The Morgan fingerprint density at radius 2 is 2.08 bits per heavy atom. The Morgan fingerprint density at radius 3 is 2.76 bits per heavy atom. The molecule has 1 aromatic heterocycles. The Hall–Kier alpha value is -3.16. The molecule has 1 aromatic carbocycles. The first-order chi connectivity index (χ1) is 12.0. The fourth-order valence-corrected chi connectivity index (χ4v) is 2.08. The SMILES string of the molecule is CO/N=C/c1c(N)ncnc1Oc1ccc(CCC(C)=O)cc1OC. The predicted octanol–water partition coefficient (Wildman–Crippen LogP) is 2.36. The number of Topliss-reactive ketones (excluding diaryl/α,β-unsaturated/α-hetero) is 1. The molecule has 2 rings (SSSR count). The molecule has 132 valence electrons. The maximum Gasteiger partial charge on any atom is 0.233 e. The lowest BCUT2D eigenvalue weighted by atomic mass is 10.1. The minimum Gasteiger partial charge on any atom is -0.493 e. The van der Waals surface area contributed by atoms with Crippen molar-refractivity contribution in [2.45, 2.75) is 19.8 Å². The maximum absolute atomic E-state index is 11.1. The van der Waals surface area contributed by atoms with Crippen molar-refractivity contribution in [3.8, 4) is 17.4 Å². The zero-order chi connectivity index (χ0) is 18.2. The molecule has 0 unspecified atom stereocenters. The van der Waals surface area contributed by atoms with Crippen molar-refractivity contribution in [1.29, 1.82) is 0 Å². The van der Waals surface area contributed by atoms with E-state index in [1.165, 1.54) is 19.7 Å². The van der Waals surface area contributed by atoms with Crippen LogP contribution in [0, 0.1) is 0 Å². The highest BCUT2D eigenvalue weighted by atomic mass is 16.6. The van der Waals surface area contributed by atoms with Crippen LogP contribution in [0.5, 0.6) is 17.4 Å². The monoisotopic (exact) mass is 344 g/mol. The summed E-state index contributed by atoms with van der Waals surface area (Å²) in [6.45, 7) is 1.57. The van der Waals surface area contributed by atoms with Gasteiger partial charge in [0.15, 0.2) is 11.5 Å². The Kier molecular flexibility index (Phi) is 6.27. The van der Waals surface area contributed by atoms with Crippen LogP contribution in [0.1, 0.15) is 24.5 Å². The highest BCUT2D eigenvalue weighted by molar-refractivity contribution is 5.88. The zero-order valence-corrected chi connectivity index (χ0v) is 14.4. The number of benzene rings is 1. The molecule has 0 saturated heterocycles. The minimum atomic E-state index is 0.137. The van der Waals surface area contributed by atoms with Gasteiger partial charge in [0.05, 0.1) is 13.3 Å². The smallest absolute Gasteiger partial charge is 0.233 e. The molecule has 0 spiro atoms. The summed E-state index contributed by atoms with van der Waals surface area (Å²) < 4.78 is 11.2. The molecule has 0 aliphatic carbocycles. The van der Waals surface area contributed by atoms with E-state index in [0.717, 1.165) is 5.56 Å². The molecule has 1 heterocycles. The Balaban J connectivity index is 2.29. The van der Waals surface area contributed by atoms with Crippen LogP contribution in [0.15, 0.2) is 29.7 Å². The molecule has 0 aliphatic heterocycles. The van der Waals surface area contributed by atoms with Crippen LogP contribution in [-0.2, 0) is 16.1 Å². The van der Waals surface area contributed by atoms with Gasteiger partial charge in [-0.15, -0.1) is 0 Å². The van der Waals surface area contributed by atoms with Gasteiger partial charge >= 0.3 is 0 Å². The number of nitrogens with two attached hydrogens (primary N) is 1. The number of carbonyl (C=O) groups is 1. The molecule has 0 fully saturated rings. The topological polar surface area (TPSA) is 109 Å². The van der Waals surface area contributed by atoms with Gasteiger partial charge in [0.25, 0.3) is 0 Å². The first kappa shape index (κ1) is 18.2. The Labute approximate surface area is 145 Å². The number of carbonyl (C=O) groups excluding carboxylic acids is 1. The number of nitrogen functional groups attached to an aromatic ring is 1. The molecule has 2 aromatic rings. The van der Waals surface area contributed by atoms with Crippen LogP contribution in [0.2, 0.25) is 0 Å². The van der Waals surface area contributed by atoms with Gasteiger partial charge in [0.1, 0.15) is 30.6 Å². The van der Waals surface area contributed by atoms with Crippen LogP contribution < -0.4 is 15.2 Å². The second-order valence-electron chi connectivity index (χ2n) is 5.18. The summed E-state index contributed by atoms with van der Waals surface area (Å²) in [7, 11) is 2.96. The number of aromatic nitrogens is 2. The van der Waals surface area contributed by atoms with E-state index < -0.39 is 0 Å². The number of hydrogen-bond acceptors (Lipinski definition) is 8. The van der Waals surface area contributed by atoms with Gasteiger partial charge in [-0.1, -0.05) is 11.2 Å². The first-order valence-electron chi connectivity index (χ1n) is 7.56. The Bertz CT molecular complexity index is 777. The summed E-state index contributed by atoms with van der Waals surface area (Å²) in [5.41, 5.74) is 7.21. The molecule has 0 atom stereocenters. The summed E-state index contributed by atoms with van der Waals surface area (Å²) >= 11 is 0. The second-order valence-corrected chi connectivity index (χ2v) is 5.18. The van der Waals surface area contributed by atoms with Crippen LogP contribution in [-0.4, -0.2) is 36.2 Å². The normalized spacial score (nSPS) is 10.7. The van der Waals surface area contributed by atoms with Gasteiger partial charge in [0.2, 0.25) is 5.88 Å². The lowest BCUT2D eigenvalue weighted by molar-refractivity contribution is -0.116. The van der Waals surface area contributed by atoms with E-state index in [2.05, 4.69) is 20.0 Å². The average Bonchev–Trinajstić information content (AvgIpc) is 2.60. The van der Waals surface area contributed by atoms with Crippen molar-refractivity contribution in [3.63, 3.8) is 0 Å². The van der Waals surface area contributed by atoms with Crippen molar-refractivity contribution in [3.05, 3.63) is 35.7 Å². The van der Waals surface area contributed by atoms with Crippen molar-refractivity contribution in [2.75, 3.05) is 20.0 Å². The summed E-state index contributed by atoms with van der Waals surface area (Å²) in [6, 6.07) is 5.45. The Morgan fingerprint density at radius 1 is 1.28 bits per heavy atom. The molecule has 0 radical (unpaired) electrons. The second kappa shape index (κ2) is 8.62. The number of ketones is 1. The molecule has 8 heteroatoms. The van der Waals surface area contributed by atoms with Crippen molar-refractivity contribution in [2.24, 2.45) is 5.16 Å². The number of ether oxygens (including phenoxy) is 2. The molecular weight excluding hydrogens is 324 g/mol. The molecule has 8 nitrogen and oxygen atoms in total. The van der Waals surface area contributed by atoms with Crippen LogP contribution in [0.25, 0.3) is 0 Å². The van der Waals surface area contributed by atoms with Gasteiger partial charge < -0.3 is 24.8 Å². The van der Waals surface area contributed by atoms with Crippen molar-refractivity contribution < 1.29 is 19.1 Å². The summed E-state index contributed by atoms with van der Waals surface area (Å²) in [5.74, 6) is 1.55. The van der Waals surface area contributed by atoms with E-state index >= 15 is 0 Å². The third kappa shape index (κ3) is 4.90. The van der Waals surface area contributed by atoms with Crippen molar-refractivity contribution in [1.82, 2.24) is 9.97 Å². The highest BCUT2D eigenvalue weighted by Gasteiger charge is 2.13. The van der Waals surface area contributed by atoms with E-state index in [0.29, 0.717) is 29.9 Å². The van der Waals surface area contributed by atoms with Gasteiger partial charge in [-0.25, -0.2) is 9.97 Å². The quantitative estimate of drug-likeness (QED) is 0.578. The lowest BCUT2D eigenvalue weighted by Gasteiger charge is -2.13. The maximum atomic E-state index is 11.1. The number of anilines is 1.